The number of ether oxygens (including phenoxy) is 1. The number of anilines is 1. The molecular formula is C24H31Cl2N3O5S. The van der Waals surface area contributed by atoms with Crippen molar-refractivity contribution in [3.8, 4) is 5.75 Å². The smallest absolute Gasteiger partial charge is 0.244 e. The highest BCUT2D eigenvalue weighted by molar-refractivity contribution is 7.92. The van der Waals surface area contributed by atoms with E-state index in [0.717, 1.165) is 10.6 Å². The molecule has 0 fully saturated rings. The predicted octanol–water partition coefficient (Wildman–Crippen LogP) is 4.10. The number of nitrogens with zero attached hydrogens (tertiary/aromatic N) is 2. The summed E-state index contributed by atoms with van der Waals surface area (Å²) < 4.78 is 31.4. The first kappa shape index (κ1) is 28.7. The van der Waals surface area contributed by atoms with Crippen LogP contribution in [0.3, 0.4) is 0 Å². The van der Waals surface area contributed by atoms with E-state index in [4.69, 9.17) is 27.9 Å². The highest BCUT2D eigenvalue weighted by Gasteiger charge is 2.31. The molecule has 0 saturated carbocycles. The summed E-state index contributed by atoms with van der Waals surface area (Å²) in [6.07, 6.45) is 1.01. The largest absolute Gasteiger partial charge is 0.497 e. The van der Waals surface area contributed by atoms with E-state index in [1.807, 2.05) is 20.8 Å². The van der Waals surface area contributed by atoms with Crippen molar-refractivity contribution in [2.75, 3.05) is 24.2 Å². The first-order valence-electron chi connectivity index (χ1n) is 10.8. The van der Waals surface area contributed by atoms with E-state index >= 15 is 0 Å². The molecule has 192 valence electrons. The van der Waals surface area contributed by atoms with Crippen molar-refractivity contribution in [2.24, 2.45) is 0 Å². The van der Waals surface area contributed by atoms with Gasteiger partial charge in [-0.2, -0.15) is 0 Å². The van der Waals surface area contributed by atoms with E-state index in [1.165, 1.54) is 18.1 Å². The first-order valence-corrected chi connectivity index (χ1v) is 13.4. The maximum atomic E-state index is 13.6. The average molecular weight is 545 g/mol. The Morgan fingerprint density at radius 1 is 1.11 bits per heavy atom. The second kappa shape index (κ2) is 11.5. The Kier molecular flexibility index (Phi) is 9.44. The molecule has 2 rings (SSSR count). The monoisotopic (exact) mass is 543 g/mol. The van der Waals surface area contributed by atoms with Crippen molar-refractivity contribution in [1.29, 1.82) is 0 Å². The van der Waals surface area contributed by atoms with Gasteiger partial charge in [-0.1, -0.05) is 35.3 Å². The van der Waals surface area contributed by atoms with Crippen molar-refractivity contribution < 1.29 is 22.7 Å². The van der Waals surface area contributed by atoms with Crippen molar-refractivity contribution in [1.82, 2.24) is 10.2 Å². The predicted molar refractivity (Wildman–Crippen MR) is 140 cm³/mol. The van der Waals surface area contributed by atoms with Gasteiger partial charge in [-0.05, 0) is 57.5 Å². The normalized spacial score (nSPS) is 12.6. The average Bonchev–Trinajstić information content (AvgIpc) is 2.74. The summed E-state index contributed by atoms with van der Waals surface area (Å²) in [6, 6.07) is 10.3. The van der Waals surface area contributed by atoms with E-state index in [-0.39, 0.29) is 18.1 Å². The number of hydrogen-bond acceptors (Lipinski definition) is 5. The summed E-state index contributed by atoms with van der Waals surface area (Å²) in [5, 5.41) is 3.61. The fourth-order valence-electron chi connectivity index (χ4n) is 3.27. The number of methoxy groups -OCH3 is 1. The fraction of sp³-hybridized carbons (Fsp3) is 0.417. The van der Waals surface area contributed by atoms with Crippen molar-refractivity contribution in [3.63, 3.8) is 0 Å². The maximum absolute atomic E-state index is 13.6. The summed E-state index contributed by atoms with van der Waals surface area (Å²) in [7, 11) is -2.39. The Balaban J connectivity index is 2.45. The van der Waals surface area contributed by atoms with Crippen LogP contribution in [0.5, 0.6) is 5.75 Å². The molecule has 0 aliphatic rings. The summed E-state index contributed by atoms with van der Waals surface area (Å²) in [5.74, 6) is -0.532. The van der Waals surface area contributed by atoms with E-state index in [9.17, 15) is 18.0 Å². The van der Waals surface area contributed by atoms with Gasteiger partial charge >= 0.3 is 0 Å². The van der Waals surface area contributed by atoms with Gasteiger partial charge in [0.1, 0.15) is 18.3 Å². The molecule has 0 aliphatic heterocycles. The number of carbonyl (C=O) groups is 2. The third kappa shape index (κ3) is 8.30. The standard InChI is InChI=1S/C24H31Cl2N3O5S/c1-16(23(31)27-24(2,3)4)28(14-17-10-11-18(25)12-21(17)26)22(30)15-29(35(6,32)33)19-8-7-9-20(13-19)34-5/h7-13,16H,14-15H2,1-6H3,(H,27,31)/t16-/m0/s1. The molecule has 0 saturated heterocycles. The number of carbonyl (C=O) groups excluding carboxylic acids is 2. The summed E-state index contributed by atoms with van der Waals surface area (Å²) in [4.78, 5) is 27.8. The lowest BCUT2D eigenvalue weighted by Crippen LogP contribution is -2.54. The van der Waals surface area contributed by atoms with Crippen molar-refractivity contribution in [2.45, 2.75) is 45.8 Å². The highest BCUT2D eigenvalue weighted by atomic mass is 35.5. The lowest BCUT2D eigenvalue weighted by Gasteiger charge is -2.33. The lowest BCUT2D eigenvalue weighted by atomic mass is 10.1. The minimum atomic E-state index is -3.85. The van der Waals surface area contributed by atoms with E-state index in [2.05, 4.69) is 5.32 Å². The minimum Gasteiger partial charge on any atom is -0.497 e. The van der Waals surface area contributed by atoms with Gasteiger partial charge in [0.05, 0.1) is 19.1 Å². The van der Waals surface area contributed by atoms with Gasteiger partial charge in [0, 0.05) is 28.2 Å². The molecule has 0 unspecified atom stereocenters. The maximum Gasteiger partial charge on any atom is 0.244 e. The third-order valence-electron chi connectivity index (χ3n) is 5.04. The van der Waals surface area contributed by atoms with E-state index in [0.29, 0.717) is 21.4 Å². The number of nitrogens with one attached hydrogen (secondary N) is 1. The highest BCUT2D eigenvalue weighted by Crippen LogP contribution is 2.26. The molecule has 0 heterocycles. The van der Waals surface area contributed by atoms with Gasteiger partial charge in [-0.15, -0.1) is 0 Å². The van der Waals surface area contributed by atoms with Crippen LogP contribution in [0.15, 0.2) is 42.5 Å². The number of benzene rings is 2. The molecule has 1 N–H and O–H groups in total. The zero-order valence-electron chi connectivity index (χ0n) is 20.6. The van der Waals surface area contributed by atoms with Crippen LogP contribution in [-0.4, -0.2) is 56.6 Å². The van der Waals surface area contributed by atoms with Crippen LogP contribution < -0.4 is 14.4 Å². The van der Waals surface area contributed by atoms with Crippen LogP contribution in [0.1, 0.15) is 33.3 Å². The summed E-state index contributed by atoms with van der Waals surface area (Å²) in [5.41, 5.74) is 0.292. The molecule has 2 amide bonds. The van der Waals surface area contributed by atoms with Gasteiger partial charge in [0.2, 0.25) is 21.8 Å². The fourth-order valence-corrected chi connectivity index (χ4v) is 4.58. The minimum absolute atomic E-state index is 0.0245. The quantitative estimate of drug-likeness (QED) is 0.513. The molecule has 8 nitrogen and oxygen atoms in total. The second-order valence-corrected chi connectivity index (χ2v) is 11.9. The summed E-state index contributed by atoms with van der Waals surface area (Å²) >= 11 is 12.3. The molecule has 0 radical (unpaired) electrons. The molecular weight excluding hydrogens is 513 g/mol. The van der Waals surface area contributed by atoms with Gasteiger partial charge < -0.3 is 15.0 Å². The molecule has 0 aliphatic carbocycles. The van der Waals surface area contributed by atoms with Gasteiger partial charge in [-0.3, -0.25) is 13.9 Å². The lowest BCUT2D eigenvalue weighted by molar-refractivity contribution is -0.140. The molecule has 11 heteroatoms. The Labute approximate surface area is 217 Å². The van der Waals surface area contributed by atoms with Gasteiger partial charge in [0.25, 0.3) is 0 Å². The van der Waals surface area contributed by atoms with Gasteiger partial charge in [0.15, 0.2) is 0 Å². The number of amides is 2. The van der Waals surface area contributed by atoms with Crippen LogP contribution in [0.2, 0.25) is 10.0 Å². The van der Waals surface area contributed by atoms with Crippen molar-refractivity contribution in [3.05, 3.63) is 58.1 Å². The number of sulfonamides is 1. The molecule has 2 aromatic rings. The van der Waals surface area contributed by atoms with Crippen molar-refractivity contribution >= 4 is 50.7 Å². The topological polar surface area (TPSA) is 96.0 Å². The third-order valence-corrected chi connectivity index (χ3v) is 6.77. The molecule has 2 aromatic carbocycles. The van der Waals surface area contributed by atoms with E-state index < -0.39 is 34.1 Å². The van der Waals surface area contributed by atoms with Crippen LogP contribution >= 0.6 is 23.2 Å². The zero-order valence-corrected chi connectivity index (χ0v) is 23.0. The Bertz CT molecular complexity index is 1180. The molecule has 0 bridgehead atoms. The van der Waals surface area contributed by atoms with Gasteiger partial charge in [-0.25, -0.2) is 8.42 Å². The van der Waals surface area contributed by atoms with Crippen LogP contribution in [0, 0.1) is 0 Å². The Morgan fingerprint density at radius 2 is 1.77 bits per heavy atom. The molecule has 0 spiro atoms. The molecule has 0 aromatic heterocycles. The molecule has 1 atom stereocenters. The number of hydrogen-bond donors (Lipinski definition) is 1. The number of halogens is 2. The Hall–Kier alpha value is -2.49. The Morgan fingerprint density at radius 3 is 2.31 bits per heavy atom. The number of rotatable bonds is 9. The second-order valence-electron chi connectivity index (χ2n) is 9.14. The van der Waals surface area contributed by atoms with Crippen LogP contribution in [-0.2, 0) is 26.2 Å². The van der Waals surface area contributed by atoms with E-state index in [1.54, 1.807) is 43.3 Å². The summed E-state index contributed by atoms with van der Waals surface area (Å²) in [6.45, 7) is 6.52. The SMILES string of the molecule is COc1cccc(N(CC(=O)N(Cc2ccc(Cl)cc2Cl)[C@@H](C)C(=O)NC(C)(C)C)S(C)(=O)=O)c1. The molecule has 35 heavy (non-hydrogen) atoms. The zero-order chi connectivity index (χ0) is 26.6. The first-order chi connectivity index (χ1) is 16.1. The van der Waals surface area contributed by atoms with Crippen LogP contribution in [0.4, 0.5) is 5.69 Å². The van der Waals surface area contributed by atoms with Crippen LogP contribution in [0.25, 0.3) is 0 Å².